The van der Waals surface area contributed by atoms with Crippen molar-refractivity contribution in [3.63, 3.8) is 0 Å². The highest BCUT2D eigenvalue weighted by atomic mass is 19.1. The fourth-order valence-electron chi connectivity index (χ4n) is 1.98. The highest BCUT2D eigenvalue weighted by molar-refractivity contribution is 5.87. The Kier molecular flexibility index (Phi) is 3.97. The zero-order valence-electron chi connectivity index (χ0n) is 11.3. The van der Waals surface area contributed by atoms with Crippen molar-refractivity contribution in [1.29, 1.82) is 0 Å². The Morgan fingerprint density at radius 2 is 2.24 bits per heavy atom. The van der Waals surface area contributed by atoms with Crippen molar-refractivity contribution in [2.24, 2.45) is 0 Å². The minimum Gasteiger partial charge on any atom is -0.464 e. The van der Waals surface area contributed by atoms with Gasteiger partial charge < -0.3 is 9.30 Å². The summed E-state index contributed by atoms with van der Waals surface area (Å²) in [6.07, 6.45) is 1.16. The molecule has 0 aliphatic rings. The van der Waals surface area contributed by atoms with Crippen LogP contribution < -0.4 is 0 Å². The molecule has 7 nitrogen and oxygen atoms in total. The standard InChI is InChI=1S/C13H12FN3O4/c1-8(9-4-3-5-10(6-9)17(19)20)16-7-15-12(14)11(16)13(18)21-2/h3-8H,1-2H3/t8-/m1/s1. The maximum absolute atomic E-state index is 13.6. The van der Waals surface area contributed by atoms with Crippen LogP contribution in [0, 0.1) is 16.1 Å². The molecule has 110 valence electrons. The molecule has 2 aromatic rings. The Labute approximate surface area is 119 Å². The molecule has 0 N–H and O–H groups in total. The molecular formula is C13H12FN3O4. The first kappa shape index (κ1) is 14.6. The Balaban J connectivity index is 2.45. The summed E-state index contributed by atoms with van der Waals surface area (Å²) in [7, 11) is 1.14. The molecule has 0 aliphatic heterocycles. The van der Waals surface area contributed by atoms with E-state index in [1.165, 1.54) is 22.8 Å². The van der Waals surface area contributed by atoms with Gasteiger partial charge in [-0.05, 0) is 12.5 Å². The van der Waals surface area contributed by atoms with Gasteiger partial charge in [0.25, 0.3) is 5.69 Å². The van der Waals surface area contributed by atoms with Gasteiger partial charge in [0.1, 0.15) is 0 Å². The van der Waals surface area contributed by atoms with Gasteiger partial charge in [0, 0.05) is 12.1 Å². The van der Waals surface area contributed by atoms with E-state index in [1.807, 2.05) is 0 Å². The molecule has 21 heavy (non-hydrogen) atoms. The number of carbonyl (C=O) groups is 1. The molecule has 0 aliphatic carbocycles. The van der Waals surface area contributed by atoms with Gasteiger partial charge in [-0.2, -0.15) is 4.39 Å². The Bertz CT molecular complexity index is 698. The second-order valence-corrected chi connectivity index (χ2v) is 4.31. The molecule has 0 radical (unpaired) electrons. The number of aromatic nitrogens is 2. The van der Waals surface area contributed by atoms with Crippen molar-refractivity contribution in [2.45, 2.75) is 13.0 Å². The monoisotopic (exact) mass is 293 g/mol. The smallest absolute Gasteiger partial charge is 0.359 e. The first-order chi connectivity index (χ1) is 9.95. The van der Waals surface area contributed by atoms with Crippen molar-refractivity contribution in [1.82, 2.24) is 9.55 Å². The number of ether oxygens (including phenoxy) is 1. The Morgan fingerprint density at radius 1 is 1.52 bits per heavy atom. The van der Waals surface area contributed by atoms with E-state index < -0.39 is 22.9 Å². The van der Waals surface area contributed by atoms with Crippen LogP contribution in [0.4, 0.5) is 10.1 Å². The topological polar surface area (TPSA) is 87.3 Å². The van der Waals surface area contributed by atoms with Gasteiger partial charge in [-0.3, -0.25) is 10.1 Å². The average molecular weight is 293 g/mol. The Hall–Kier alpha value is -2.77. The summed E-state index contributed by atoms with van der Waals surface area (Å²) in [6.45, 7) is 1.67. The van der Waals surface area contributed by atoms with Crippen molar-refractivity contribution in [2.75, 3.05) is 7.11 Å². The van der Waals surface area contributed by atoms with Crippen LogP contribution in [-0.2, 0) is 4.74 Å². The second kappa shape index (κ2) is 5.70. The summed E-state index contributed by atoms with van der Waals surface area (Å²) >= 11 is 0. The average Bonchev–Trinajstić information content (AvgIpc) is 2.87. The number of carbonyl (C=O) groups excluding carboxylic acids is 1. The predicted octanol–water partition coefficient (Wildman–Crippen LogP) is 2.33. The zero-order valence-corrected chi connectivity index (χ0v) is 11.3. The van der Waals surface area contributed by atoms with Crippen LogP contribution in [0.25, 0.3) is 0 Å². The van der Waals surface area contributed by atoms with Crippen LogP contribution in [0.5, 0.6) is 0 Å². The highest BCUT2D eigenvalue weighted by Gasteiger charge is 2.24. The lowest BCUT2D eigenvalue weighted by Gasteiger charge is -2.15. The molecule has 2 rings (SSSR count). The summed E-state index contributed by atoms with van der Waals surface area (Å²) in [5, 5.41) is 10.8. The normalized spacial score (nSPS) is 12.0. The molecule has 0 amide bonds. The van der Waals surface area contributed by atoms with Gasteiger partial charge in [0.15, 0.2) is 5.69 Å². The molecule has 1 aromatic heterocycles. The number of esters is 1. The number of methoxy groups -OCH3 is 1. The summed E-state index contributed by atoms with van der Waals surface area (Å²) < 4.78 is 19.4. The summed E-state index contributed by atoms with van der Waals surface area (Å²) in [5.74, 6) is -1.80. The number of nitrogens with zero attached hydrogens (tertiary/aromatic N) is 3. The molecule has 8 heteroatoms. The highest BCUT2D eigenvalue weighted by Crippen LogP contribution is 2.24. The fourth-order valence-corrected chi connectivity index (χ4v) is 1.98. The number of nitro groups is 1. The lowest BCUT2D eigenvalue weighted by molar-refractivity contribution is -0.384. The molecule has 1 aromatic carbocycles. The van der Waals surface area contributed by atoms with Gasteiger partial charge in [-0.15, -0.1) is 0 Å². The van der Waals surface area contributed by atoms with E-state index in [4.69, 9.17) is 0 Å². The number of halogens is 1. The van der Waals surface area contributed by atoms with Crippen molar-refractivity contribution < 1.29 is 18.8 Å². The minimum atomic E-state index is -0.945. The SMILES string of the molecule is COC(=O)c1c(F)ncn1[C@H](C)c1cccc([N+](=O)[O-])c1. The summed E-state index contributed by atoms with van der Waals surface area (Å²) in [5.41, 5.74) is 0.141. The van der Waals surface area contributed by atoms with E-state index in [9.17, 15) is 19.3 Å². The molecular weight excluding hydrogens is 281 g/mol. The first-order valence-corrected chi connectivity index (χ1v) is 6.00. The molecule has 0 fully saturated rings. The lowest BCUT2D eigenvalue weighted by Crippen LogP contribution is -2.15. The molecule has 0 saturated carbocycles. The van der Waals surface area contributed by atoms with Crippen molar-refractivity contribution in [3.8, 4) is 0 Å². The quantitative estimate of drug-likeness (QED) is 0.490. The second-order valence-electron chi connectivity index (χ2n) is 4.31. The molecule has 0 bridgehead atoms. The maximum Gasteiger partial charge on any atom is 0.359 e. The molecule has 0 saturated heterocycles. The third-order valence-corrected chi connectivity index (χ3v) is 3.11. The van der Waals surface area contributed by atoms with Gasteiger partial charge in [-0.1, -0.05) is 12.1 Å². The van der Waals surface area contributed by atoms with E-state index in [-0.39, 0.29) is 11.4 Å². The van der Waals surface area contributed by atoms with Crippen molar-refractivity contribution >= 4 is 11.7 Å². The maximum atomic E-state index is 13.6. The Morgan fingerprint density at radius 3 is 2.86 bits per heavy atom. The van der Waals surface area contributed by atoms with Crippen LogP contribution in [0.15, 0.2) is 30.6 Å². The predicted molar refractivity (Wildman–Crippen MR) is 70.4 cm³/mol. The number of benzene rings is 1. The van der Waals surface area contributed by atoms with E-state index >= 15 is 0 Å². The van der Waals surface area contributed by atoms with Crippen LogP contribution in [0.3, 0.4) is 0 Å². The molecule has 0 spiro atoms. The van der Waals surface area contributed by atoms with E-state index in [2.05, 4.69) is 9.72 Å². The van der Waals surface area contributed by atoms with Crippen LogP contribution in [-0.4, -0.2) is 27.6 Å². The van der Waals surface area contributed by atoms with Gasteiger partial charge in [0.2, 0.25) is 5.95 Å². The van der Waals surface area contributed by atoms with E-state index in [0.29, 0.717) is 5.56 Å². The number of non-ortho nitro benzene ring substituents is 1. The first-order valence-electron chi connectivity index (χ1n) is 6.00. The third-order valence-electron chi connectivity index (χ3n) is 3.11. The summed E-state index contributed by atoms with van der Waals surface area (Å²) in [6, 6.07) is 5.37. The van der Waals surface area contributed by atoms with Gasteiger partial charge in [0.05, 0.1) is 24.4 Å². The number of hydrogen-bond acceptors (Lipinski definition) is 5. The molecule has 0 unspecified atom stereocenters. The number of nitro benzene ring substituents is 1. The van der Waals surface area contributed by atoms with Crippen molar-refractivity contribution in [3.05, 3.63) is 57.9 Å². The minimum absolute atomic E-state index is 0.0837. The summed E-state index contributed by atoms with van der Waals surface area (Å²) in [4.78, 5) is 25.3. The van der Waals surface area contributed by atoms with Gasteiger partial charge in [-0.25, -0.2) is 9.78 Å². The molecule has 1 atom stereocenters. The largest absolute Gasteiger partial charge is 0.464 e. The van der Waals surface area contributed by atoms with Crippen LogP contribution in [0.1, 0.15) is 29.0 Å². The molecule has 1 heterocycles. The van der Waals surface area contributed by atoms with E-state index in [1.54, 1.807) is 13.0 Å². The van der Waals surface area contributed by atoms with Gasteiger partial charge >= 0.3 is 5.97 Å². The fraction of sp³-hybridized carbons (Fsp3) is 0.231. The number of rotatable bonds is 4. The number of imidazole rings is 1. The lowest BCUT2D eigenvalue weighted by atomic mass is 10.1. The zero-order chi connectivity index (χ0) is 15.6. The van der Waals surface area contributed by atoms with E-state index in [0.717, 1.165) is 13.4 Å². The number of hydrogen-bond donors (Lipinski definition) is 0. The third kappa shape index (κ3) is 2.73. The van der Waals surface area contributed by atoms with Crippen LogP contribution >= 0.6 is 0 Å². The van der Waals surface area contributed by atoms with Crippen LogP contribution in [0.2, 0.25) is 0 Å².